The Balaban J connectivity index is 1.66. The standard InChI is InChI=1S/C18H22N6/c1-17(20)7-13(8-17)22-15-6-14-11(10-21-15)5-12(9-19)23-16(14)24-18(2)3-4-18/h5-6,10,13H,3-4,7-8,20H2,1-2H3,(H,21,22)(H,23,24)/t13-,17-. The zero-order valence-electron chi connectivity index (χ0n) is 14.1. The number of hydrogen-bond acceptors (Lipinski definition) is 6. The van der Waals surface area contributed by atoms with E-state index in [1.165, 1.54) is 0 Å². The van der Waals surface area contributed by atoms with Gasteiger partial charge in [-0.2, -0.15) is 5.26 Å². The van der Waals surface area contributed by atoms with Crippen molar-refractivity contribution in [2.75, 3.05) is 10.6 Å². The lowest BCUT2D eigenvalue weighted by molar-refractivity contribution is 0.248. The summed E-state index contributed by atoms with van der Waals surface area (Å²) in [5.41, 5.74) is 6.52. The number of nitrogens with two attached hydrogens (primary N) is 1. The van der Waals surface area contributed by atoms with Gasteiger partial charge in [-0.05, 0) is 51.7 Å². The monoisotopic (exact) mass is 322 g/mol. The van der Waals surface area contributed by atoms with E-state index in [9.17, 15) is 5.26 Å². The molecule has 6 nitrogen and oxygen atoms in total. The summed E-state index contributed by atoms with van der Waals surface area (Å²) in [4.78, 5) is 8.96. The van der Waals surface area contributed by atoms with Crippen molar-refractivity contribution in [1.29, 1.82) is 5.26 Å². The fourth-order valence-corrected chi connectivity index (χ4v) is 3.35. The smallest absolute Gasteiger partial charge is 0.143 e. The molecule has 0 spiro atoms. The predicted octanol–water partition coefficient (Wildman–Crippen LogP) is 2.76. The van der Waals surface area contributed by atoms with Crippen LogP contribution >= 0.6 is 0 Å². The van der Waals surface area contributed by atoms with Crippen LogP contribution in [0, 0.1) is 11.3 Å². The molecule has 2 heterocycles. The van der Waals surface area contributed by atoms with Crippen molar-refractivity contribution in [3.8, 4) is 6.07 Å². The number of rotatable bonds is 4. The van der Waals surface area contributed by atoms with Gasteiger partial charge in [0.1, 0.15) is 23.4 Å². The van der Waals surface area contributed by atoms with E-state index in [4.69, 9.17) is 5.73 Å². The summed E-state index contributed by atoms with van der Waals surface area (Å²) in [6.45, 7) is 4.25. The van der Waals surface area contributed by atoms with Gasteiger partial charge in [0.05, 0.1) is 0 Å². The van der Waals surface area contributed by atoms with Crippen LogP contribution in [-0.2, 0) is 0 Å². The van der Waals surface area contributed by atoms with Gasteiger partial charge >= 0.3 is 0 Å². The molecule has 4 rings (SSSR count). The summed E-state index contributed by atoms with van der Waals surface area (Å²) >= 11 is 0. The molecule has 0 radical (unpaired) electrons. The molecular formula is C18H22N6. The Labute approximate surface area is 141 Å². The molecular weight excluding hydrogens is 300 g/mol. The van der Waals surface area contributed by atoms with Gasteiger partial charge in [0.15, 0.2) is 0 Å². The third-order valence-corrected chi connectivity index (χ3v) is 5.03. The second kappa shape index (κ2) is 5.05. The fraction of sp³-hybridized carbons (Fsp3) is 0.500. The maximum absolute atomic E-state index is 9.21. The third-order valence-electron chi connectivity index (χ3n) is 5.03. The van der Waals surface area contributed by atoms with Gasteiger partial charge in [0.25, 0.3) is 0 Å². The summed E-state index contributed by atoms with van der Waals surface area (Å²) in [6.07, 6.45) is 5.95. The number of nitriles is 1. The minimum absolute atomic E-state index is 0.0644. The van der Waals surface area contributed by atoms with Crippen molar-refractivity contribution in [1.82, 2.24) is 9.97 Å². The maximum atomic E-state index is 9.21. The van der Waals surface area contributed by atoms with Gasteiger partial charge < -0.3 is 16.4 Å². The Hall–Kier alpha value is -2.39. The van der Waals surface area contributed by atoms with Crippen LogP contribution in [0.2, 0.25) is 0 Å². The number of hydrogen-bond donors (Lipinski definition) is 3. The highest BCUT2D eigenvalue weighted by Gasteiger charge is 2.38. The van der Waals surface area contributed by atoms with Gasteiger partial charge in [-0.3, -0.25) is 0 Å². The molecule has 0 bridgehead atoms. The third kappa shape index (κ3) is 2.87. The second-order valence-corrected chi connectivity index (χ2v) is 7.85. The van der Waals surface area contributed by atoms with Crippen LogP contribution in [0.3, 0.4) is 0 Å². The molecule has 0 aliphatic heterocycles. The minimum Gasteiger partial charge on any atom is -0.367 e. The number of fused-ring (bicyclic) bond motifs is 1. The zero-order chi connectivity index (χ0) is 16.9. The number of nitrogens with zero attached hydrogens (tertiary/aromatic N) is 3. The van der Waals surface area contributed by atoms with E-state index < -0.39 is 0 Å². The highest BCUT2D eigenvalue weighted by atomic mass is 15.1. The average Bonchev–Trinajstić information content (AvgIpc) is 3.23. The Morgan fingerprint density at radius 1 is 1.29 bits per heavy atom. The summed E-state index contributed by atoms with van der Waals surface area (Å²) < 4.78 is 0. The number of aromatic nitrogens is 2. The maximum Gasteiger partial charge on any atom is 0.143 e. The van der Waals surface area contributed by atoms with E-state index in [0.29, 0.717) is 11.7 Å². The minimum atomic E-state index is -0.0644. The molecule has 2 aromatic heterocycles. The van der Waals surface area contributed by atoms with Crippen molar-refractivity contribution < 1.29 is 0 Å². The summed E-state index contributed by atoms with van der Waals surface area (Å²) in [6, 6.07) is 6.30. The topological polar surface area (TPSA) is 99.6 Å². The van der Waals surface area contributed by atoms with Crippen molar-refractivity contribution >= 4 is 22.4 Å². The van der Waals surface area contributed by atoms with Gasteiger partial charge in [-0.15, -0.1) is 0 Å². The molecule has 2 saturated carbocycles. The summed E-state index contributed by atoms with van der Waals surface area (Å²) in [5.74, 6) is 1.60. The molecule has 0 unspecified atom stereocenters. The fourth-order valence-electron chi connectivity index (χ4n) is 3.35. The van der Waals surface area contributed by atoms with Crippen LogP contribution in [0.5, 0.6) is 0 Å². The molecule has 124 valence electrons. The van der Waals surface area contributed by atoms with E-state index in [2.05, 4.69) is 40.5 Å². The molecule has 4 N–H and O–H groups in total. The normalized spacial score (nSPS) is 27.2. The Morgan fingerprint density at radius 2 is 2.04 bits per heavy atom. The first-order chi connectivity index (χ1) is 11.4. The molecule has 2 aliphatic carbocycles. The first-order valence-electron chi connectivity index (χ1n) is 8.40. The molecule has 0 amide bonds. The number of nitrogens with one attached hydrogen (secondary N) is 2. The summed E-state index contributed by atoms with van der Waals surface area (Å²) in [7, 11) is 0. The lowest BCUT2D eigenvalue weighted by Crippen LogP contribution is -2.54. The van der Waals surface area contributed by atoms with Crippen LogP contribution in [0.15, 0.2) is 18.3 Å². The average molecular weight is 322 g/mol. The van der Waals surface area contributed by atoms with Gasteiger partial charge in [0, 0.05) is 34.1 Å². The molecule has 0 atom stereocenters. The predicted molar refractivity (Wildman–Crippen MR) is 94.8 cm³/mol. The highest BCUT2D eigenvalue weighted by molar-refractivity contribution is 5.94. The lowest BCUT2D eigenvalue weighted by atomic mass is 9.75. The Morgan fingerprint density at radius 3 is 2.67 bits per heavy atom. The second-order valence-electron chi connectivity index (χ2n) is 7.85. The molecule has 0 saturated heterocycles. The van der Waals surface area contributed by atoms with E-state index in [-0.39, 0.29) is 11.1 Å². The van der Waals surface area contributed by atoms with E-state index in [1.807, 2.05) is 6.07 Å². The first kappa shape index (κ1) is 15.2. The van der Waals surface area contributed by atoms with Crippen LogP contribution in [0.4, 0.5) is 11.6 Å². The molecule has 2 aliphatic rings. The Kier molecular flexibility index (Phi) is 3.19. The van der Waals surface area contributed by atoms with E-state index >= 15 is 0 Å². The zero-order valence-corrected chi connectivity index (χ0v) is 14.1. The van der Waals surface area contributed by atoms with Crippen molar-refractivity contribution in [2.45, 2.75) is 56.7 Å². The highest BCUT2D eigenvalue weighted by Crippen LogP contribution is 2.39. The lowest BCUT2D eigenvalue weighted by Gasteiger charge is -2.42. The van der Waals surface area contributed by atoms with Crippen molar-refractivity contribution in [2.24, 2.45) is 5.73 Å². The van der Waals surface area contributed by atoms with Gasteiger partial charge in [-0.1, -0.05) is 0 Å². The molecule has 0 aromatic carbocycles. The van der Waals surface area contributed by atoms with E-state index in [1.54, 1.807) is 12.3 Å². The molecule has 2 fully saturated rings. The van der Waals surface area contributed by atoms with Crippen LogP contribution < -0.4 is 16.4 Å². The van der Waals surface area contributed by atoms with Gasteiger partial charge in [0.2, 0.25) is 0 Å². The molecule has 2 aromatic rings. The number of anilines is 2. The van der Waals surface area contributed by atoms with Gasteiger partial charge in [-0.25, -0.2) is 9.97 Å². The van der Waals surface area contributed by atoms with Crippen LogP contribution in [0.25, 0.3) is 10.8 Å². The van der Waals surface area contributed by atoms with Crippen molar-refractivity contribution in [3.63, 3.8) is 0 Å². The van der Waals surface area contributed by atoms with Crippen molar-refractivity contribution in [3.05, 3.63) is 24.0 Å². The summed E-state index contributed by atoms with van der Waals surface area (Å²) in [5, 5.41) is 18.1. The van der Waals surface area contributed by atoms with Crippen LogP contribution in [0.1, 0.15) is 45.2 Å². The SMILES string of the molecule is CC1(Nc2nc(C#N)cc3cnc(N[C@H]4C[C@](C)(N)C4)cc23)CC1. The first-order valence-corrected chi connectivity index (χ1v) is 8.40. The van der Waals surface area contributed by atoms with Crippen LogP contribution in [-0.4, -0.2) is 27.1 Å². The number of pyridine rings is 2. The largest absolute Gasteiger partial charge is 0.367 e. The molecule has 6 heteroatoms. The Bertz CT molecular complexity index is 838. The van der Waals surface area contributed by atoms with E-state index in [0.717, 1.165) is 48.1 Å². The molecule has 24 heavy (non-hydrogen) atoms. The quantitative estimate of drug-likeness (QED) is 0.800.